The molecule has 0 atom stereocenters. The van der Waals surface area contributed by atoms with E-state index < -0.39 is 0 Å². The number of hydrogen-bond donors (Lipinski definition) is 1. The molecule has 20 heavy (non-hydrogen) atoms. The van der Waals surface area contributed by atoms with Crippen molar-refractivity contribution >= 4 is 39.1 Å². The van der Waals surface area contributed by atoms with Gasteiger partial charge in [-0.25, -0.2) is 4.98 Å². The Kier molecular flexibility index (Phi) is 3.48. The van der Waals surface area contributed by atoms with Crippen LogP contribution in [0.3, 0.4) is 0 Å². The van der Waals surface area contributed by atoms with Crippen LogP contribution < -0.4 is 0 Å². The lowest BCUT2D eigenvalue weighted by Crippen LogP contribution is -1.99. The molecule has 1 aromatic carbocycles. The first-order chi connectivity index (χ1) is 9.56. The summed E-state index contributed by atoms with van der Waals surface area (Å²) in [7, 11) is 0. The van der Waals surface area contributed by atoms with Gasteiger partial charge in [0, 0.05) is 11.1 Å². The fourth-order valence-corrected chi connectivity index (χ4v) is 2.94. The van der Waals surface area contributed by atoms with E-state index in [0.29, 0.717) is 22.1 Å². The highest BCUT2D eigenvalue weighted by atomic mass is 79.9. The van der Waals surface area contributed by atoms with Crippen LogP contribution >= 0.6 is 28.1 Å². The maximum atomic E-state index is 5.83. The third-order valence-corrected chi connectivity index (χ3v) is 4.49. The van der Waals surface area contributed by atoms with Gasteiger partial charge >= 0.3 is 0 Å². The molecule has 2 aromatic heterocycles. The summed E-state index contributed by atoms with van der Waals surface area (Å²) in [6, 6.07) is 9.86. The van der Waals surface area contributed by atoms with E-state index in [0.717, 1.165) is 21.1 Å². The Morgan fingerprint density at radius 2 is 2.05 bits per heavy atom. The molecule has 0 unspecified atom stereocenters. The van der Waals surface area contributed by atoms with Gasteiger partial charge in [0.15, 0.2) is 11.6 Å². The highest BCUT2D eigenvalue weighted by molar-refractivity contribution is 9.10. The van der Waals surface area contributed by atoms with Crippen LogP contribution in [0.15, 0.2) is 39.2 Å². The van der Waals surface area contributed by atoms with Gasteiger partial charge in [-0.05, 0) is 34.0 Å². The lowest BCUT2D eigenvalue weighted by atomic mass is 10.1. The summed E-state index contributed by atoms with van der Waals surface area (Å²) in [6.07, 6.45) is 0. The van der Waals surface area contributed by atoms with Crippen LogP contribution in [0.4, 0.5) is 0 Å². The van der Waals surface area contributed by atoms with Crippen molar-refractivity contribution in [1.29, 1.82) is 0 Å². The predicted octanol–water partition coefficient (Wildman–Crippen LogP) is 5.44. The largest absolute Gasteiger partial charge is 0.453 e. The maximum absolute atomic E-state index is 5.83. The molecular weight excluding hydrogens is 336 g/mol. The second-order valence-electron chi connectivity index (χ2n) is 4.92. The minimum Gasteiger partial charge on any atom is -0.453 e. The Morgan fingerprint density at radius 3 is 2.75 bits per heavy atom. The first-order valence-corrected chi connectivity index (χ1v) is 7.55. The minimum absolute atomic E-state index is 0.317. The molecule has 5 heteroatoms. The fraction of sp³-hybridized carbons (Fsp3) is 0.200. The van der Waals surface area contributed by atoms with Crippen LogP contribution in [-0.4, -0.2) is 9.97 Å². The number of aromatic amines is 1. The van der Waals surface area contributed by atoms with Gasteiger partial charge in [0.25, 0.3) is 0 Å². The first-order valence-electron chi connectivity index (χ1n) is 6.35. The number of nitrogens with zero attached hydrogens (tertiary/aromatic N) is 1. The second-order valence-corrected chi connectivity index (χ2v) is 6.10. The van der Waals surface area contributed by atoms with Gasteiger partial charge in [-0.2, -0.15) is 0 Å². The molecule has 0 aliphatic rings. The van der Waals surface area contributed by atoms with Crippen LogP contribution in [0.1, 0.15) is 25.5 Å². The Hall–Kier alpha value is -1.46. The number of benzene rings is 1. The standard InChI is InChI=1S/C15H13BrN2OS/c1-8(2)13-12(16)15(20)18-14(17-13)11-7-9-5-3-4-6-10(9)19-11/h3-8H,1-2H3,(H,17,18,20). The van der Waals surface area contributed by atoms with Gasteiger partial charge in [0.2, 0.25) is 0 Å². The van der Waals surface area contributed by atoms with Gasteiger partial charge in [-0.15, -0.1) is 0 Å². The molecule has 0 radical (unpaired) electrons. The van der Waals surface area contributed by atoms with Crippen molar-refractivity contribution in [3.8, 4) is 11.6 Å². The van der Waals surface area contributed by atoms with Crippen molar-refractivity contribution in [2.24, 2.45) is 0 Å². The number of rotatable bonds is 2. The molecule has 0 amide bonds. The van der Waals surface area contributed by atoms with Crippen LogP contribution in [0.2, 0.25) is 0 Å². The summed E-state index contributed by atoms with van der Waals surface area (Å²) in [6.45, 7) is 4.21. The van der Waals surface area contributed by atoms with Gasteiger partial charge in [-0.3, -0.25) is 0 Å². The third kappa shape index (κ3) is 2.31. The zero-order valence-electron chi connectivity index (χ0n) is 11.1. The van der Waals surface area contributed by atoms with Crippen molar-refractivity contribution in [3.05, 3.63) is 45.1 Å². The Bertz CT molecular complexity index is 802. The summed E-state index contributed by atoms with van der Waals surface area (Å²) < 4.78 is 7.22. The fourth-order valence-electron chi connectivity index (χ4n) is 2.09. The molecule has 0 bridgehead atoms. The molecule has 0 aliphatic carbocycles. The average molecular weight is 349 g/mol. The van der Waals surface area contributed by atoms with Gasteiger partial charge in [0.05, 0.1) is 4.47 Å². The topological polar surface area (TPSA) is 41.8 Å². The molecule has 3 aromatic rings. The molecular formula is C15H13BrN2OS. The number of nitrogens with one attached hydrogen (secondary N) is 1. The second kappa shape index (κ2) is 5.14. The molecule has 0 spiro atoms. The van der Waals surface area contributed by atoms with Crippen LogP contribution in [0.25, 0.3) is 22.6 Å². The molecule has 3 rings (SSSR count). The molecule has 0 saturated carbocycles. The quantitative estimate of drug-likeness (QED) is 0.627. The number of para-hydroxylation sites is 1. The highest BCUT2D eigenvalue weighted by Crippen LogP contribution is 2.29. The number of furan rings is 1. The zero-order chi connectivity index (χ0) is 14.3. The third-order valence-electron chi connectivity index (χ3n) is 3.13. The summed E-state index contributed by atoms with van der Waals surface area (Å²) in [5.41, 5.74) is 1.87. The lowest BCUT2D eigenvalue weighted by Gasteiger charge is -2.10. The van der Waals surface area contributed by atoms with E-state index in [-0.39, 0.29) is 0 Å². The first kappa shape index (κ1) is 13.5. The molecule has 0 aliphatic heterocycles. The Balaban J connectivity index is 2.21. The Labute approximate surface area is 130 Å². The van der Waals surface area contributed by atoms with Crippen molar-refractivity contribution in [2.45, 2.75) is 19.8 Å². The number of fused-ring (bicyclic) bond motifs is 1. The number of aromatic nitrogens is 2. The van der Waals surface area contributed by atoms with Crippen LogP contribution in [0, 0.1) is 4.64 Å². The van der Waals surface area contributed by atoms with E-state index in [1.807, 2.05) is 30.3 Å². The van der Waals surface area contributed by atoms with E-state index in [4.69, 9.17) is 16.6 Å². The van der Waals surface area contributed by atoms with Gasteiger partial charge in [-0.1, -0.05) is 44.3 Å². The maximum Gasteiger partial charge on any atom is 0.175 e. The summed E-state index contributed by atoms with van der Waals surface area (Å²) in [5, 5.41) is 1.05. The monoisotopic (exact) mass is 348 g/mol. The minimum atomic E-state index is 0.317. The van der Waals surface area contributed by atoms with E-state index in [1.54, 1.807) is 0 Å². The van der Waals surface area contributed by atoms with Crippen molar-refractivity contribution in [3.63, 3.8) is 0 Å². The van der Waals surface area contributed by atoms with Crippen molar-refractivity contribution in [2.75, 3.05) is 0 Å². The normalized spacial score (nSPS) is 11.4. The molecule has 1 N–H and O–H groups in total. The van der Waals surface area contributed by atoms with Crippen LogP contribution in [0.5, 0.6) is 0 Å². The van der Waals surface area contributed by atoms with E-state index in [2.05, 4.69) is 39.7 Å². The Morgan fingerprint density at radius 1 is 1.30 bits per heavy atom. The average Bonchev–Trinajstić information content (AvgIpc) is 2.85. The summed E-state index contributed by atoms with van der Waals surface area (Å²) in [4.78, 5) is 7.71. The number of hydrogen-bond acceptors (Lipinski definition) is 3. The van der Waals surface area contributed by atoms with Crippen LogP contribution in [-0.2, 0) is 0 Å². The van der Waals surface area contributed by atoms with Gasteiger partial charge < -0.3 is 9.40 Å². The van der Waals surface area contributed by atoms with E-state index >= 15 is 0 Å². The van der Waals surface area contributed by atoms with Gasteiger partial charge in [0.1, 0.15) is 10.2 Å². The van der Waals surface area contributed by atoms with E-state index in [1.165, 1.54) is 0 Å². The predicted molar refractivity (Wildman–Crippen MR) is 86.4 cm³/mol. The van der Waals surface area contributed by atoms with Crippen molar-refractivity contribution < 1.29 is 4.42 Å². The summed E-state index contributed by atoms with van der Waals surface area (Å²) >= 11 is 8.80. The molecule has 2 heterocycles. The number of H-pyrrole nitrogens is 1. The number of halogens is 1. The molecule has 3 nitrogen and oxygen atoms in total. The lowest BCUT2D eigenvalue weighted by molar-refractivity contribution is 0.623. The molecule has 0 saturated heterocycles. The highest BCUT2D eigenvalue weighted by Gasteiger charge is 2.13. The van der Waals surface area contributed by atoms with Crippen molar-refractivity contribution in [1.82, 2.24) is 9.97 Å². The van der Waals surface area contributed by atoms with E-state index in [9.17, 15) is 0 Å². The SMILES string of the molecule is CC(C)c1[nH]c(-c2cc3ccccc3o2)nc(=S)c1Br. The molecule has 102 valence electrons. The zero-order valence-corrected chi connectivity index (χ0v) is 13.5. The molecule has 0 fully saturated rings. The smallest absolute Gasteiger partial charge is 0.175 e. The summed E-state index contributed by atoms with van der Waals surface area (Å²) in [5.74, 6) is 1.68.